The minimum atomic E-state index is -0.134. The fourth-order valence-corrected chi connectivity index (χ4v) is 1.15. The normalized spacial score (nSPS) is 11.6. The number of carbonyl (C=O) groups is 1. The van der Waals surface area contributed by atoms with Gasteiger partial charge in [-0.3, -0.25) is 4.79 Å². The Hall–Kier alpha value is -1.86. The van der Waals surface area contributed by atoms with E-state index in [0.717, 1.165) is 0 Å². The molecule has 0 aromatic heterocycles. The Morgan fingerprint density at radius 1 is 1.50 bits per heavy atom. The summed E-state index contributed by atoms with van der Waals surface area (Å²) >= 11 is 0. The van der Waals surface area contributed by atoms with E-state index in [2.05, 4.69) is 5.32 Å². The molecule has 0 aliphatic rings. The van der Waals surface area contributed by atoms with Gasteiger partial charge in [0.2, 0.25) is 0 Å². The van der Waals surface area contributed by atoms with E-state index in [1.165, 1.54) is 0 Å². The largest absolute Gasteiger partial charge is 0.352 e. The third-order valence-electron chi connectivity index (χ3n) is 2.29. The van der Waals surface area contributed by atoms with E-state index < -0.39 is 0 Å². The zero-order valence-electron chi connectivity index (χ0n) is 9.23. The Labute approximate surface area is 95.1 Å². The molecule has 0 bridgehead atoms. The van der Waals surface area contributed by atoms with Crippen molar-refractivity contribution in [3.8, 4) is 6.07 Å². The van der Waals surface area contributed by atoms with Gasteiger partial charge in [0.25, 0.3) is 5.91 Å². The van der Waals surface area contributed by atoms with Crippen LogP contribution in [0.5, 0.6) is 0 Å². The van der Waals surface area contributed by atoms with E-state index in [-0.39, 0.29) is 11.8 Å². The van der Waals surface area contributed by atoms with Gasteiger partial charge in [-0.25, -0.2) is 0 Å². The predicted molar refractivity (Wildman–Crippen MR) is 61.7 cm³/mol. The highest BCUT2D eigenvalue weighted by molar-refractivity contribution is 5.94. The first-order valence-electron chi connectivity index (χ1n) is 5.15. The fraction of sp³-hybridized carbons (Fsp3) is 0.333. The van der Waals surface area contributed by atoms with Gasteiger partial charge in [0.1, 0.15) is 0 Å². The SMILES string of the molecule is CC(CN)CNC(=O)c1ccc(C#N)cc1. The summed E-state index contributed by atoms with van der Waals surface area (Å²) in [6.07, 6.45) is 0. The number of hydrogen-bond donors (Lipinski definition) is 2. The van der Waals surface area contributed by atoms with Crippen molar-refractivity contribution in [1.82, 2.24) is 5.32 Å². The maximum atomic E-state index is 11.6. The summed E-state index contributed by atoms with van der Waals surface area (Å²) in [6, 6.07) is 8.54. The van der Waals surface area contributed by atoms with Crippen LogP contribution in [-0.4, -0.2) is 19.0 Å². The molecular formula is C12H15N3O. The van der Waals surface area contributed by atoms with Gasteiger partial charge >= 0.3 is 0 Å². The van der Waals surface area contributed by atoms with Gasteiger partial charge < -0.3 is 11.1 Å². The number of nitrogens with one attached hydrogen (secondary N) is 1. The Balaban J connectivity index is 2.57. The Morgan fingerprint density at radius 3 is 2.62 bits per heavy atom. The van der Waals surface area contributed by atoms with Gasteiger partial charge in [0.05, 0.1) is 11.6 Å². The van der Waals surface area contributed by atoms with E-state index >= 15 is 0 Å². The molecular weight excluding hydrogens is 202 g/mol. The summed E-state index contributed by atoms with van der Waals surface area (Å²) in [5.74, 6) is 0.132. The second kappa shape index (κ2) is 5.89. The summed E-state index contributed by atoms with van der Waals surface area (Å²) < 4.78 is 0. The molecule has 4 heteroatoms. The molecule has 0 aliphatic carbocycles. The van der Waals surface area contributed by atoms with Crippen LogP contribution in [0.1, 0.15) is 22.8 Å². The highest BCUT2D eigenvalue weighted by Crippen LogP contribution is 2.03. The van der Waals surface area contributed by atoms with Crippen molar-refractivity contribution < 1.29 is 4.79 Å². The molecule has 0 aliphatic heterocycles. The summed E-state index contributed by atoms with van der Waals surface area (Å²) in [4.78, 5) is 11.6. The first-order valence-corrected chi connectivity index (χ1v) is 5.15. The number of nitriles is 1. The maximum absolute atomic E-state index is 11.6. The molecule has 1 aromatic rings. The first kappa shape index (κ1) is 12.2. The Bertz CT molecular complexity index is 392. The lowest BCUT2D eigenvalue weighted by atomic mass is 10.1. The van der Waals surface area contributed by atoms with Crippen molar-refractivity contribution in [2.45, 2.75) is 6.92 Å². The molecule has 0 fully saturated rings. The molecule has 84 valence electrons. The quantitative estimate of drug-likeness (QED) is 0.785. The van der Waals surface area contributed by atoms with Crippen molar-refractivity contribution >= 4 is 5.91 Å². The summed E-state index contributed by atoms with van der Waals surface area (Å²) in [5, 5.41) is 11.4. The van der Waals surface area contributed by atoms with E-state index in [4.69, 9.17) is 11.0 Å². The molecule has 4 nitrogen and oxygen atoms in total. The third-order valence-corrected chi connectivity index (χ3v) is 2.29. The summed E-state index contributed by atoms with van der Waals surface area (Å²) in [6.45, 7) is 3.09. The molecule has 1 amide bonds. The van der Waals surface area contributed by atoms with Crippen LogP contribution >= 0.6 is 0 Å². The molecule has 0 heterocycles. The molecule has 3 N–H and O–H groups in total. The molecule has 0 spiro atoms. The molecule has 1 rings (SSSR count). The Morgan fingerprint density at radius 2 is 2.12 bits per heavy atom. The number of benzene rings is 1. The van der Waals surface area contributed by atoms with Crippen LogP contribution in [0, 0.1) is 17.2 Å². The Kier molecular flexibility index (Phi) is 4.49. The summed E-state index contributed by atoms with van der Waals surface area (Å²) in [5.41, 5.74) is 6.55. The van der Waals surface area contributed by atoms with E-state index in [1.807, 2.05) is 13.0 Å². The van der Waals surface area contributed by atoms with Gasteiger partial charge in [0, 0.05) is 12.1 Å². The summed E-state index contributed by atoms with van der Waals surface area (Å²) in [7, 11) is 0. The van der Waals surface area contributed by atoms with Crippen LogP contribution in [0.25, 0.3) is 0 Å². The van der Waals surface area contributed by atoms with Gasteiger partial charge in [-0.05, 0) is 36.7 Å². The zero-order chi connectivity index (χ0) is 12.0. The van der Waals surface area contributed by atoms with Crippen LogP contribution in [0.2, 0.25) is 0 Å². The van der Waals surface area contributed by atoms with Gasteiger partial charge in [0.15, 0.2) is 0 Å². The van der Waals surface area contributed by atoms with Crippen LogP contribution in [0.3, 0.4) is 0 Å². The van der Waals surface area contributed by atoms with Crippen LogP contribution in [-0.2, 0) is 0 Å². The van der Waals surface area contributed by atoms with Crippen LogP contribution < -0.4 is 11.1 Å². The van der Waals surface area contributed by atoms with E-state index in [9.17, 15) is 4.79 Å². The second-order valence-corrected chi connectivity index (χ2v) is 3.74. The minimum absolute atomic E-state index is 0.134. The van der Waals surface area contributed by atoms with Crippen LogP contribution in [0.15, 0.2) is 24.3 Å². The highest BCUT2D eigenvalue weighted by atomic mass is 16.1. The smallest absolute Gasteiger partial charge is 0.251 e. The number of amides is 1. The third kappa shape index (κ3) is 3.37. The number of rotatable bonds is 4. The number of hydrogen-bond acceptors (Lipinski definition) is 3. The molecule has 0 radical (unpaired) electrons. The van der Waals surface area contributed by atoms with Crippen molar-refractivity contribution in [1.29, 1.82) is 5.26 Å². The van der Waals surface area contributed by atoms with Crippen molar-refractivity contribution in [2.75, 3.05) is 13.1 Å². The van der Waals surface area contributed by atoms with Gasteiger partial charge in [-0.2, -0.15) is 5.26 Å². The number of carbonyl (C=O) groups excluding carboxylic acids is 1. The standard InChI is InChI=1S/C12H15N3O/c1-9(6-13)8-15-12(16)11-4-2-10(7-14)3-5-11/h2-5,9H,6,8,13H2,1H3,(H,15,16). The average molecular weight is 217 g/mol. The molecule has 16 heavy (non-hydrogen) atoms. The molecule has 0 saturated carbocycles. The van der Waals surface area contributed by atoms with E-state index in [1.54, 1.807) is 24.3 Å². The van der Waals surface area contributed by atoms with Gasteiger partial charge in [-0.1, -0.05) is 6.92 Å². The van der Waals surface area contributed by atoms with E-state index in [0.29, 0.717) is 24.2 Å². The highest BCUT2D eigenvalue weighted by Gasteiger charge is 2.06. The zero-order valence-corrected chi connectivity index (χ0v) is 9.23. The van der Waals surface area contributed by atoms with Crippen LogP contribution in [0.4, 0.5) is 0 Å². The lowest BCUT2D eigenvalue weighted by Gasteiger charge is -2.09. The fourth-order valence-electron chi connectivity index (χ4n) is 1.15. The minimum Gasteiger partial charge on any atom is -0.352 e. The molecule has 1 atom stereocenters. The first-order chi connectivity index (χ1) is 7.67. The molecule has 1 aromatic carbocycles. The van der Waals surface area contributed by atoms with Crippen molar-refractivity contribution in [3.63, 3.8) is 0 Å². The van der Waals surface area contributed by atoms with Crippen molar-refractivity contribution in [2.24, 2.45) is 11.7 Å². The predicted octanol–water partition coefficient (Wildman–Crippen LogP) is 0.883. The lowest BCUT2D eigenvalue weighted by molar-refractivity contribution is 0.0948. The lowest BCUT2D eigenvalue weighted by Crippen LogP contribution is -2.31. The maximum Gasteiger partial charge on any atom is 0.251 e. The monoisotopic (exact) mass is 217 g/mol. The number of nitrogens with two attached hydrogens (primary N) is 1. The topological polar surface area (TPSA) is 78.9 Å². The van der Waals surface area contributed by atoms with Crippen molar-refractivity contribution in [3.05, 3.63) is 35.4 Å². The number of nitrogens with zero attached hydrogens (tertiary/aromatic N) is 1. The molecule has 1 unspecified atom stereocenters. The molecule has 0 saturated heterocycles. The second-order valence-electron chi connectivity index (χ2n) is 3.74. The van der Waals surface area contributed by atoms with Gasteiger partial charge in [-0.15, -0.1) is 0 Å². The average Bonchev–Trinajstić information content (AvgIpc) is 2.35.